The molecule has 1 aliphatic carbocycles. The topological polar surface area (TPSA) is 101 Å². The Labute approximate surface area is 160 Å². The number of nitrogens with one attached hydrogen (secondary N) is 3. The molecule has 150 valence electrons. The lowest BCUT2D eigenvalue weighted by Gasteiger charge is -2.40. The van der Waals surface area contributed by atoms with Crippen LogP contribution in [0.25, 0.3) is 0 Å². The molecule has 2 rings (SSSR count). The number of methoxy groups -OCH3 is 1. The Balaban J connectivity index is 1.83. The maximum atomic E-state index is 11.0. The van der Waals surface area contributed by atoms with Crippen molar-refractivity contribution in [2.24, 2.45) is 10.4 Å². The minimum absolute atomic E-state index is 0.0862. The molecule has 0 spiro atoms. The summed E-state index contributed by atoms with van der Waals surface area (Å²) in [6.07, 6.45) is 4.73. The van der Waals surface area contributed by atoms with Crippen LogP contribution < -0.4 is 16.0 Å². The van der Waals surface area contributed by atoms with Crippen molar-refractivity contribution in [1.82, 2.24) is 10.6 Å². The van der Waals surface area contributed by atoms with E-state index < -0.39 is 0 Å². The summed E-state index contributed by atoms with van der Waals surface area (Å²) in [7, 11) is 1.74. The van der Waals surface area contributed by atoms with Crippen LogP contribution in [-0.4, -0.2) is 50.8 Å². The second-order valence-electron chi connectivity index (χ2n) is 6.92. The van der Waals surface area contributed by atoms with Gasteiger partial charge in [0, 0.05) is 46.0 Å². The molecule has 0 saturated heterocycles. The molecule has 0 heterocycles. The molecule has 8 nitrogen and oxygen atoms in total. The van der Waals surface area contributed by atoms with Gasteiger partial charge in [0.25, 0.3) is 5.69 Å². The van der Waals surface area contributed by atoms with Gasteiger partial charge in [-0.1, -0.05) is 18.6 Å². The summed E-state index contributed by atoms with van der Waals surface area (Å²) in [5.41, 5.74) is 0.892. The molecular weight excluding hydrogens is 346 g/mol. The van der Waals surface area contributed by atoms with Crippen LogP contribution in [0.5, 0.6) is 0 Å². The Morgan fingerprint density at radius 1 is 1.30 bits per heavy atom. The zero-order chi connectivity index (χ0) is 19.5. The maximum absolute atomic E-state index is 11.0. The molecule has 0 bridgehead atoms. The Morgan fingerprint density at radius 3 is 2.70 bits per heavy atom. The predicted octanol–water partition coefficient (Wildman–Crippen LogP) is 2.77. The molecule has 0 radical (unpaired) electrons. The molecule has 27 heavy (non-hydrogen) atoms. The van der Waals surface area contributed by atoms with Gasteiger partial charge in [-0.15, -0.1) is 0 Å². The van der Waals surface area contributed by atoms with Gasteiger partial charge in [-0.25, -0.2) is 0 Å². The van der Waals surface area contributed by atoms with Crippen molar-refractivity contribution in [2.45, 2.75) is 32.6 Å². The predicted molar refractivity (Wildman–Crippen MR) is 108 cm³/mol. The first kappa shape index (κ1) is 21.0. The molecule has 3 N–H and O–H groups in total. The number of ether oxygens (including phenoxy) is 1. The monoisotopic (exact) mass is 377 g/mol. The number of aliphatic imine (C=N–C) groups is 1. The first-order valence-corrected chi connectivity index (χ1v) is 9.58. The zero-order valence-electron chi connectivity index (χ0n) is 16.3. The molecule has 1 aromatic rings. The van der Waals surface area contributed by atoms with E-state index in [-0.39, 0.29) is 16.0 Å². The van der Waals surface area contributed by atoms with Crippen LogP contribution in [0.15, 0.2) is 29.3 Å². The van der Waals surface area contributed by atoms with Gasteiger partial charge in [0.15, 0.2) is 5.96 Å². The molecule has 0 amide bonds. The summed E-state index contributed by atoms with van der Waals surface area (Å²) in [5, 5.41) is 20.7. The summed E-state index contributed by atoms with van der Waals surface area (Å²) in [5.74, 6) is 0.783. The quantitative estimate of drug-likeness (QED) is 0.180. The average molecular weight is 377 g/mol. The maximum Gasteiger partial charge on any atom is 0.292 e. The van der Waals surface area contributed by atoms with Gasteiger partial charge in [-0.3, -0.25) is 15.1 Å². The lowest BCUT2D eigenvalue weighted by Crippen LogP contribution is -2.41. The van der Waals surface area contributed by atoms with E-state index in [4.69, 9.17) is 9.73 Å². The Bertz CT molecular complexity index is 632. The normalized spacial score (nSPS) is 15.7. The van der Waals surface area contributed by atoms with Gasteiger partial charge in [-0.2, -0.15) is 0 Å². The van der Waals surface area contributed by atoms with Crippen LogP contribution >= 0.6 is 0 Å². The lowest BCUT2D eigenvalue weighted by atomic mass is 9.67. The highest BCUT2D eigenvalue weighted by molar-refractivity contribution is 5.79. The highest BCUT2D eigenvalue weighted by Gasteiger charge is 2.36. The summed E-state index contributed by atoms with van der Waals surface area (Å²) >= 11 is 0. The molecule has 1 saturated carbocycles. The van der Waals surface area contributed by atoms with E-state index >= 15 is 0 Å². The van der Waals surface area contributed by atoms with Crippen LogP contribution in [-0.2, 0) is 4.74 Å². The minimum atomic E-state index is -0.376. The summed E-state index contributed by atoms with van der Waals surface area (Å²) < 4.78 is 5.24. The first-order valence-electron chi connectivity index (χ1n) is 9.58. The third-order valence-electron chi connectivity index (χ3n) is 5.00. The van der Waals surface area contributed by atoms with Crippen LogP contribution in [0.2, 0.25) is 0 Å². The average Bonchev–Trinajstić information content (AvgIpc) is 2.64. The van der Waals surface area contributed by atoms with Crippen LogP contribution in [0.4, 0.5) is 11.4 Å². The number of hydrogen-bond acceptors (Lipinski definition) is 5. The fourth-order valence-corrected chi connectivity index (χ4v) is 3.23. The lowest BCUT2D eigenvalue weighted by molar-refractivity contribution is -0.384. The van der Waals surface area contributed by atoms with Crippen molar-refractivity contribution in [3.63, 3.8) is 0 Å². The third-order valence-corrected chi connectivity index (χ3v) is 5.00. The number of nitro groups is 1. The highest BCUT2D eigenvalue weighted by atomic mass is 16.6. The van der Waals surface area contributed by atoms with Gasteiger partial charge < -0.3 is 20.7 Å². The Kier molecular flexibility index (Phi) is 8.32. The zero-order valence-corrected chi connectivity index (χ0v) is 16.3. The van der Waals surface area contributed by atoms with Crippen molar-refractivity contribution in [2.75, 3.05) is 45.2 Å². The van der Waals surface area contributed by atoms with E-state index in [0.29, 0.717) is 18.8 Å². The molecule has 0 aromatic heterocycles. The number of guanidine groups is 1. The fourth-order valence-electron chi connectivity index (χ4n) is 3.23. The van der Waals surface area contributed by atoms with Crippen LogP contribution in [0.3, 0.4) is 0 Å². The van der Waals surface area contributed by atoms with Gasteiger partial charge in [0.1, 0.15) is 5.69 Å². The molecule has 8 heteroatoms. The fraction of sp³-hybridized carbons (Fsp3) is 0.632. The molecule has 0 atom stereocenters. The molecule has 1 aliphatic rings. The first-order chi connectivity index (χ1) is 13.1. The number of benzene rings is 1. The summed E-state index contributed by atoms with van der Waals surface area (Å²) in [6.45, 7) is 5.57. The van der Waals surface area contributed by atoms with Crippen molar-refractivity contribution >= 4 is 17.3 Å². The smallest absolute Gasteiger partial charge is 0.292 e. The molecule has 0 aliphatic heterocycles. The SMILES string of the molecule is CCNC(=NCC1(CCOC)CCC1)NCCNc1ccccc1[N+](=O)[O-]. The molecule has 1 fully saturated rings. The number of anilines is 1. The number of hydrogen-bond donors (Lipinski definition) is 3. The Morgan fingerprint density at radius 2 is 2.07 bits per heavy atom. The van der Waals surface area contributed by atoms with Gasteiger partial charge in [0.2, 0.25) is 0 Å². The van der Waals surface area contributed by atoms with Crippen molar-refractivity contribution in [1.29, 1.82) is 0 Å². The van der Waals surface area contributed by atoms with Crippen molar-refractivity contribution in [3.05, 3.63) is 34.4 Å². The van der Waals surface area contributed by atoms with E-state index in [2.05, 4.69) is 16.0 Å². The van der Waals surface area contributed by atoms with Crippen LogP contribution in [0, 0.1) is 15.5 Å². The van der Waals surface area contributed by atoms with Crippen molar-refractivity contribution < 1.29 is 9.66 Å². The van der Waals surface area contributed by atoms with E-state index in [1.807, 2.05) is 6.92 Å². The van der Waals surface area contributed by atoms with E-state index in [0.717, 1.165) is 32.1 Å². The number of rotatable bonds is 11. The van der Waals surface area contributed by atoms with Gasteiger partial charge in [-0.05, 0) is 37.7 Å². The molecule has 0 unspecified atom stereocenters. The van der Waals surface area contributed by atoms with Gasteiger partial charge in [0.05, 0.1) is 4.92 Å². The van der Waals surface area contributed by atoms with Crippen LogP contribution in [0.1, 0.15) is 32.6 Å². The molecular formula is C19H31N5O3. The summed E-state index contributed by atoms with van der Waals surface area (Å²) in [4.78, 5) is 15.4. The van der Waals surface area contributed by atoms with E-state index in [9.17, 15) is 10.1 Å². The van der Waals surface area contributed by atoms with E-state index in [1.165, 1.54) is 25.3 Å². The van der Waals surface area contributed by atoms with Gasteiger partial charge >= 0.3 is 0 Å². The Hall–Kier alpha value is -2.35. The third kappa shape index (κ3) is 6.39. The minimum Gasteiger partial charge on any atom is -0.385 e. The molecule has 1 aromatic carbocycles. The number of para-hydroxylation sites is 2. The van der Waals surface area contributed by atoms with E-state index in [1.54, 1.807) is 25.3 Å². The second kappa shape index (κ2) is 10.7. The van der Waals surface area contributed by atoms with Crippen molar-refractivity contribution in [3.8, 4) is 0 Å². The number of nitrogens with zero attached hydrogens (tertiary/aromatic N) is 2. The largest absolute Gasteiger partial charge is 0.385 e. The summed E-state index contributed by atoms with van der Waals surface area (Å²) in [6, 6.07) is 6.66. The second-order valence-corrected chi connectivity index (χ2v) is 6.92. The standard InChI is InChI=1S/C19H31N5O3/c1-3-20-18(23-15-19(9-6-10-19)11-14-27-2)22-13-12-21-16-7-4-5-8-17(16)24(25)26/h4-5,7-8,21H,3,6,9-15H2,1-2H3,(H2,20,22,23). The number of nitro benzene ring substituents is 1. The highest BCUT2D eigenvalue weighted by Crippen LogP contribution is 2.44.